The standard InChI is InChI=1S/C17H22O3/c1-14-12-17(6-5-16(14)4-2-3-9-18)20-13-15-7-10-19-11-8-15/h5-6,12,15,18H,3,7-11,13H2,1H3. The van der Waals surface area contributed by atoms with Crippen molar-refractivity contribution in [3.63, 3.8) is 0 Å². The third kappa shape index (κ3) is 4.56. The van der Waals surface area contributed by atoms with Crippen LogP contribution in [0, 0.1) is 24.7 Å². The van der Waals surface area contributed by atoms with Gasteiger partial charge in [-0.25, -0.2) is 0 Å². The second kappa shape index (κ2) is 7.94. The van der Waals surface area contributed by atoms with Crippen LogP contribution in [-0.2, 0) is 4.74 Å². The maximum atomic E-state index is 8.72. The van der Waals surface area contributed by atoms with Gasteiger partial charge in [-0.05, 0) is 49.4 Å². The summed E-state index contributed by atoms with van der Waals surface area (Å²) in [4.78, 5) is 0. The van der Waals surface area contributed by atoms with E-state index in [-0.39, 0.29) is 6.61 Å². The van der Waals surface area contributed by atoms with Crippen molar-refractivity contribution in [2.45, 2.75) is 26.2 Å². The molecular formula is C17H22O3. The highest BCUT2D eigenvalue weighted by atomic mass is 16.5. The zero-order chi connectivity index (χ0) is 14.2. The van der Waals surface area contributed by atoms with E-state index in [1.165, 1.54) is 0 Å². The van der Waals surface area contributed by atoms with Crippen LogP contribution >= 0.6 is 0 Å². The molecule has 1 saturated heterocycles. The van der Waals surface area contributed by atoms with E-state index < -0.39 is 0 Å². The molecule has 0 amide bonds. The molecule has 1 fully saturated rings. The summed E-state index contributed by atoms with van der Waals surface area (Å²) in [5.41, 5.74) is 2.11. The molecule has 0 spiro atoms. The lowest BCUT2D eigenvalue weighted by Gasteiger charge is -2.22. The Morgan fingerprint density at radius 3 is 2.85 bits per heavy atom. The molecule has 0 aromatic heterocycles. The van der Waals surface area contributed by atoms with Gasteiger partial charge < -0.3 is 14.6 Å². The fourth-order valence-electron chi connectivity index (χ4n) is 2.21. The summed E-state index contributed by atoms with van der Waals surface area (Å²) >= 11 is 0. The average Bonchev–Trinajstić information content (AvgIpc) is 2.48. The van der Waals surface area contributed by atoms with Crippen LogP contribution in [0.2, 0.25) is 0 Å². The Balaban J connectivity index is 1.90. The second-order valence-corrected chi connectivity index (χ2v) is 5.12. The van der Waals surface area contributed by atoms with E-state index in [9.17, 15) is 0 Å². The summed E-state index contributed by atoms with van der Waals surface area (Å²) in [5.74, 6) is 7.51. The van der Waals surface area contributed by atoms with E-state index >= 15 is 0 Å². The molecule has 1 aromatic rings. The monoisotopic (exact) mass is 274 g/mol. The van der Waals surface area contributed by atoms with Crippen LogP contribution in [0.15, 0.2) is 18.2 Å². The van der Waals surface area contributed by atoms with Crippen molar-refractivity contribution in [3.05, 3.63) is 29.3 Å². The normalized spacial score (nSPS) is 15.5. The topological polar surface area (TPSA) is 38.7 Å². The molecule has 1 aliphatic rings. The van der Waals surface area contributed by atoms with Gasteiger partial charge in [0, 0.05) is 25.2 Å². The van der Waals surface area contributed by atoms with E-state index in [1.807, 2.05) is 25.1 Å². The number of ether oxygens (including phenoxy) is 2. The minimum absolute atomic E-state index is 0.109. The zero-order valence-electron chi connectivity index (χ0n) is 12.0. The van der Waals surface area contributed by atoms with E-state index in [0.29, 0.717) is 12.3 Å². The molecule has 1 aromatic carbocycles. The number of hydrogen-bond acceptors (Lipinski definition) is 3. The molecule has 0 unspecified atom stereocenters. The number of aryl methyl sites for hydroxylation is 1. The molecule has 0 atom stereocenters. The smallest absolute Gasteiger partial charge is 0.119 e. The Labute approximate surface area is 120 Å². The maximum Gasteiger partial charge on any atom is 0.119 e. The van der Waals surface area contributed by atoms with Crippen LogP contribution in [0.3, 0.4) is 0 Å². The van der Waals surface area contributed by atoms with E-state index in [1.54, 1.807) is 0 Å². The lowest BCUT2D eigenvalue weighted by atomic mass is 10.0. The van der Waals surface area contributed by atoms with Crippen LogP contribution in [0.4, 0.5) is 0 Å². The molecule has 3 heteroatoms. The highest BCUT2D eigenvalue weighted by Gasteiger charge is 2.14. The summed E-state index contributed by atoms with van der Waals surface area (Å²) in [5, 5.41) is 8.72. The Kier molecular flexibility index (Phi) is 5.91. The number of aliphatic hydroxyl groups is 1. The van der Waals surface area contributed by atoms with Gasteiger partial charge in [0.2, 0.25) is 0 Å². The first kappa shape index (κ1) is 14.9. The van der Waals surface area contributed by atoms with Crippen molar-refractivity contribution < 1.29 is 14.6 Å². The third-order valence-electron chi connectivity index (χ3n) is 3.48. The molecule has 108 valence electrons. The Morgan fingerprint density at radius 1 is 1.35 bits per heavy atom. The minimum atomic E-state index is 0.109. The number of aliphatic hydroxyl groups excluding tert-OH is 1. The van der Waals surface area contributed by atoms with Crippen molar-refractivity contribution in [1.82, 2.24) is 0 Å². The molecule has 0 bridgehead atoms. The Morgan fingerprint density at radius 2 is 2.15 bits per heavy atom. The van der Waals surface area contributed by atoms with Crippen molar-refractivity contribution in [1.29, 1.82) is 0 Å². The van der Waals surface area contributed by atoms with Crippen LogP contribution in [0.1, 0.15) is 30.4 Å². The first-order valence-electron chi connectivity index (χ1n) is 7.20. The van der Waals surface area contributed by atoms with E-state index in [2.05, 4.69) is 11.8 Å². The van der Waals surface area contributed by atoms with Crippen molar-refractivity contribution in [2.75, 3.05) is 26.4 Å². The second-order valence-electron chi connectivity index (χ2n) is 5.12. The summed E-state index contributed by atoms with van der Waals surface area (Å²) in [7, 11) is 0. The quantitative estimate of drug-likeness (QED) is 0.858. The SMILES string of the molecule is Cc1cc(OCC2CCOCC2)ccc1C#CCCO. The lowest BCUT2D eigenvalue weighted by molar-refractivity contribution is 0.0497. The van der Waals surface area contributed by atoms with Gasteiger partial charge >= 0.3 is 0 Å². The van der Waals surface area contributed by atoms with Crippen LogP contribution in [-0.4, -0.2) is 31.5 Å². The molecule has 0 saturated carbocycles. The van der Waals surface area contributed by atoms with Crippen LogP contribution in [0.5, 0.6) is 5.75 Å². The Bertz CT molecular complexity index is 479. The highest BCUT2D eigenvalue weighted by Crippen LogP contribution is 2.20. The third-order valence-corrected chi connectivity index (χ3v) is 3.48. The van der Waals surface area contributed by atoms with Gasteiger partial charge in [0.15, 0.2) is 0 Å². The number of rotatable bonds is 4. The van der Waals surface area contributed by atoms with Crippen LogP contribution in [0.25, 0.3) is 0 Å². The molecule has 3 nitrogen and oxygen atoms in total. The summed E-state index contributed by atoms with van der Waals surface area (Å²) in [6, 6.07) is 5.98. The van der Waals surface area contributed by atoms with Gasteiger partial charge in [-0.2, -0.15) is 0 Å². The lowest BCUT2D eigenvalue weighted by Crippen LogP contribution is -2.21. The first-order chi connectivity index (χ1) is 9.79. The number of hydrogen-bond donors (Lipinski definition) is 1. The summed E-state index contributed by atoms with van der Waals surface area (Å²) in [6.07, 6.45) is 2.69. The van der Waals surface area contributed by atoms with Crippen molar-refractivity contribution >= 4 is 0 Å². The molecule has 2 rings (SSSR count). The van der Waals surface area contributed by atoms with Gasteiger partial charge in [0.1, 0.15) is 5.75 Å². The summed E-state index contributed by atoms with van der Waals surface area (Å²) < 4.78 is 11.2. The van der Waals surface area contributed by atoms with Crippen LogP contribution < -0.4 is 4.74 Å². The molecule has 1 heterocycles. The molecule has 0 aliphatic carbocycles. The highest BCUT2D eigenvalue weighted by molar-refractivity contribution is 5.44. The van der Waals surface area contributed by atoms with E-state index in [0.717, 1.165) is 49.5 Å². The molecule has 1 N–H and O–H groups in total. The van der Waals surface area contributed by atoms with Gasteiger partial charge in [-0.3, -0.25) is 0 Å². The Hall–Kier alpha value is -1.50. The van der Waals surface area contributed by atoms with Crippen molar-refractivity contribution in [2.24, 2.45) is 5.92 Å². The molecule has 20 heavy (non-hydrogen) atoms. The fourth-order valence-corrected chi connectivity index (χ4v) is 2.21. The van der Waals surface area contributed by atoms with E-state index in [4.69, 9.17) is 14.6 Å². The summed E-state index contributed by atoms with van der Waals surface area (Å²) in [6.45, 7) is 4.61. The number of benzene rings is 1. The van der Waals surface area contributed by atoms with Crippen molar-refractivity contribution in [3.8, 4) is 17.6 Å². The maximum absolute atomic E-state index is 8.72. The van der Waals surface area contributed by atoms with Gasteiger partial charge in [0.25, 0.3) is 0 Å². The molecule has 0 radical (unpaired) electrons. The predicted octanol–water partition coefficient (Wildman–Crippen LogP) is 2.53. The molecular weight excluding hydrogens is 252 g/mol. The molecule has 1 aliphatic heterocycles. The average molecular weight is 274 g/mol. The zero-order valence-corrected chi connectivity index (χ0v) is 12.0. The van der Waals surface area contributed by atoms with Gasteiger partial charge in [-0.15, -0.1) is 0 Å². The minimum Gasteiger partial charge on any atom is -0.493 e. The predicted molar refractivity (Wildman–Crippen MR) is 78.8 cm³/mol. The first-order valence-corrected chi connectivity index (χ1v) is 7.20. The van der Waals surface area contributed by atoms with Gasteiger partial charge in [-0.1, -0.05) is 11.8 Å². The largest absolute Gasteiger partial charge is 0.493 e. The fraction of sp³-hybridized carbons (Fsp3) is 0.529. The van der Waals surface area contributed by atoms with Gasteiger partial charge in [0.05, 0.1) is 13.2 Å².